The van der Waals surface area contributed by atoms with Crippen molar-refractivity contribution in [2.45, 2.75) is 122 Å². The highest BCUT2D eigenvalue weighted by atomic mass is 16.6. The molecule has 5 fully saturated rings. The molecule has 1 N–H and O–H groups in total. The quantitative estimate of drug-likeness (QED) is 0.516. The maximum Gasteiger partial charge on any atom is 0.0888 e. The van der Waals surface area contributed by atoms with E-state index < -0.39 is 0 Å². The Bertz CT molecular complexity index is 626. The zero-order chi connectivity index (χ0) is 20.5. The molecule has 0 radical (unpaired) electrons. The van der Waals surface area contributed by atoms with E-state index in [2.05, 4.69) is 27.7 Å². The predicted molar refractivity (Wildman–Crippen MR) is 119 cm³/mol. The van der Waals surface area contributed by atoms with Crippen LogP contribution in [0.15, 0.2) is 0 Å². The van der Waals surface area contributed by atoms with E-state index in [4.69, 9.17) is 4.74 Å². The van der Waals surface area contributed by atoms with E-state index in [-0.39, 0.29) is 11.2 Å². The van der Waals surface area contributed by atoms with Gasteiger partial charge in [0.2, 0.25) is 0 Å². The van der Waals surface area contributed by atoms with Crippen molar-refractivity contribution >= 4 is 0 Å². The number of ether oxygens (including phenoxy) is 1. The molecule has 4 aliphatic carbocycles. The van der Waals surface area contributed by atoms with Crippen LogP contribution in [0.1, 0.15) is 111 Å². The van der Waals surface area contributed by atoms with Crippen molar-refractivity contribution in [2.75, 3.05) is 6.61 Å². The second-order valence-electron chi connectivity index (χ2n) is 12.9. The maximum atomic E-state index is 12.3. The van der Waals surface area contributed by atoms with Crippen LogP contribution in [-0.4, -0.2) is 22.9 Å². The van der Waals surface area contributed by atoms with Crippen molar-refractivity contribution in [3.63, 3.8) is 0 Å². The highest BCUT2D eigenvalue weighted by molar-refractivity contribution is 5.16. The van der Waals surface area contributed by atoms with Gasteiger partial charge in [-0.05, 0) is 105 Å². The summed E-state index contributed by atoms with van der Waals surface area (Å²) in [6.07, 6.45) is 17.1. The highest BCUT2D eigenvalue weighted by Crippen LogP contribution is 2.69. The fourth-order valence-electron chi connectivity index (χ4n) is 9.61. The molecule has 2 heteroatoms. The number of rotatable bonds is 5. The Labute approximate surface area is 179 Å². The lowest BCUT2D eigenvalue weighted by atomic mass is 9.42. The average Bonchev–Trinajstić information content (AvgIpc) is 3.28. The average molecular weight is 403 g/mol. The first-order chi connectivity index (χ1) is 13.7. The Kier molecular flexibility index (Phi) is 4.99. The molecule has 1 aliphatic heterocycles. The lowest BCUT2D eigenvalue weighted by Crippen LogP contribution is -2.63. The van der Waals surface area contributed by atoms with Gasteiger partial charge in [0.15, 0.2) is 0 Å². The zero-order valence-electron chi connectivity index (χ0n) is 19.6. The summed E-state index contributed by atoms with van der Waals surface area (Å²) in [5.74, 6) is 3.59. The van der Waals surface area contributed by atoms with E-state index in [9.17, 15) is 5.11 Å². The van der Waals surface area contributed by atoms with E-state index in [0.29, 0.717) is 22.7 Å². The zero-order valence-corrected chi connectivity index (χ0v) is 19.6. The van der Waals surface area contributed by atoms with E-state index in [1.807, 2.05) is 0 Å². The summed E-state index contributed by atoms with van der Waals surface area (Å²) in [7, 11) is 0. The van der Waals surface area contributed by atoms with Gasteiger partial charge in [0.1, 0.15) is 0 Å². The van der Waals surface area contributed by atoms with Gasteiger partial charge in [0, 0.05) is 0 Å². The summed E-state index contributed by atoms with van der Waals surface area (Å²) in [5, 5.41) is 12.3. The molecule has 9 atom stereocenters. The van der Waals surface area contributed by atoms with E-state index >= 15 is 0 Å². The molecule has 0 bridgehead atoms. The first-order valence-corrected chi connectivity index (χ1v) is 13.1. The van der Waals surface area contributed by atoms with Gasteiger partial charge < -0.3 is 9.84 Å². The van der Waals surface area contributed by atoms with Crippen molar-refractivity contribution in [2.24, 2.45) is 40.4 Å². The molecule has 0 aromatic heterocycles. The van der Waals surface area contributed by atoms with Crippen molar-refractivity contribution in [3.8, 4) is 0 Å². The molecular weight excluding hydrogens is 356 g/mol. The Hall–Kier alpha value is -0.0800. The molecule has 4 saturated carbocycles. The largest absolute Gasteiger partial charge is 0.389 e. The number of hydrogen-bond donors (Lipinski definition) is 1. The molecule has 5 rings (SSSR count). The minimum absolute atomic E-state index is 0.211. The van der Waals surface area contributed by atoms with Crippen molar-refractivity contribution in [3.05, 3.63) is 0 Å². The highest BCUT2D eigenvalue weighted by Gasteiger charge is 2.66. The molecule has 5 aliphatic rings. The van der Waals surface area contributed by atoms with Gasteiger partial charge in [-0.3, -0.25) is 0 Å². The summed E-state index contributed by atoms with van der Waals surface area (Å²) >= 11 is 0. The Morgan fingerprint density at radius 2 is 1.66 bits per heavy atom. The smallest absolute Gasteiger partial charge is 0.0888 e. The molecule has 29 heavy (non-hydrogen) atoms. The summed E-state index contributed by atoms with van der Waals surface area (Å²) in [5.41, 5.74) is 0.612. The maximum absolute atomic E-state index is 12.3. The number of fused-ring (bicyclic) bond motifs is 5. The van der Waals surface area contributed by atoms with Crippen LogP contribution in [0, 0.1) is 40.4 Å². The lowest BCUT2D eigenvalue weighted by Gasteiger charge is -2.64. The van der Waals surface area contributed by atoms with Gasteiger partial charge in [0.05, 0.1) is 17.8 Å². The third kappa shape index (κ3) is 3.17. The topological polar surface area (TPSA) is 32.8 Å². The number of aliphatic hydroxyl groups is 1. The fraction of sp³-hybridized carbons (Fsp3) is 1.00. The number of hydrogen-bond acceptors (Lipinski definition) is 2. The standard InChI is InChI=1S/C27H46O2/c1-19(8-7-14-24(2)18-29-24)21-10-11-22-26(21,4)16-13-23-25(3)15-6-5-9-20(25)12-17-27(22,23)28/h19-23,28H,5-18H2,1-4H3/t19-,20?,21-,22-,23-,24?,25+,26-,27-/m1/s1. The van der Waals surface area contributed by atoms with Gasteiger partial charge in [-0.1, -0.05) is 46.5 Å². The molecule has 0 spiro atoms. The van der Waals surface area contributed by atoms with Crippen LogP contribution in [0.3, 0.4) is 0 Å². The van der Waals surface area contributed by atoms with Gasteiger partial charge in [-0.25, -0.2) is 0 Å². The molecule has 1 saturated heterocycles. The van der Waals surface area contributed by atoms with Crippen molar-refractivity contribution < 1.29 is 9.84 Å². The van der Waals surface area contributed by atoms with Gasteiger partial charge in [-0.2, -0.15) is 0 Å². The molecule has 2 nitrogen and oxygen atoms in total. The normalized spacial score (nSPS) is 54.9. The Morgan fingerprint density at radius 3 is 2.41 bits per heavy atom. The fourth-order valence-corrected chi connectivity index (χ4v) is 9.61. The summed E-state index contributed by atoms with van der Waals surface area (Å²) in [4.78, 5) is 0. The van der Waals surface area contributed by atoms with Crippen LogP contribution < -0.4 is 0 Å². The third-order valence-electron chi connectivity index (χ3n) is 11.4. The Morgan fingerprint density at radius 1 is 0.897 bits per heavy atom. The van der Waals surface area contributed by atoms with Crippen LogP contribution in [-0.2, 0) is 4.74 Å². The minimum Gasteiger partial charge on any atom is -0.389 e. The van der Waals surface area contributed by atoms with E-state index in [1.54, 1.807) is 0 Å². The first-order valence-electron chi connectivity index (χ1n) is 13.1. The van der Waals surface area contributed by atoms with Gasteiger partial charge in [0.25, 0.3) is 0 Å². The van der Waals surface area contributed by atoms with Crippen LogP contribution in [0.5, 0.6) is 0 Å². The van der Waals surface area contributed by atoms with Crippen LogP contribution in [0.4, 0.5) is 0 Å². The van der Waals surface area contributed by atoms with E-state index in [0.717, 1.165) is 30.8 Å². The minimum atomic E-state index is -0.376. The predicted octanol–water partition coefficient (Wildman–Crippen LogP) is 6.75. The van der Waals surface area contributed by atoms with Crippen LogP contribution in [0.2, 0.25) is 0 Å². The summed E-state index contributed by atoms with van der Waals surface area (Å²) in [6, 6.07) is 0. The molecule has 1 heterocycles. The first kappa shape index (κ1) is 20.8. The molecule has 0 aromatic rings. The Balaban J connectivity index is 1.31. The molecule has 0 aromatic carbocycles. The SMILES string of the molecule is C[C@H](CCCC1(C)CO1)[C@H]1CC[C@@H]2[C@]1(C)CC[C@H]1[C@@]2(O)CCC2CCCC[C@@]21C. The molecule has 2 unspecified atom stereocenters. The summed E-state index contributed by atoms with van der Waals surface area (Å²) < 4.78 is 5.60. The van der Waals surface area contributed by atoms with Crippen molar-refractivity contribution in [1.29, 1.82) is 0 Å². The third-order valence-corrected chi connectivity index (χ3v) is 11.4. The molecule has 0 amide bonds. The number of epoxide rings is 1. The molecule has 166 valence electrons. The van der Waals surface area contributed by atoms with Gasteiger partial charge >= 0.3 is 0 Å². The second-order valence-corrected chi connectivity index (χ2v) is 12.9. The van der Waals surface area contributed by atoms with Crippen LogP contribution >= 0.6 is 0 Å². The second kappa shape index (κ2) is 6.96. The lowest BCUT2D eigenvalue weighted by molar-refractivity contribution is -0.222. The summed E-state index contributed by atoms with van der Waals surface area (Å²) in [6.45, 7) is 10.9. The monoisotopic (exact) mass is 402 g/mol. The van der Waals surface area contributed by atoms with E-state index in [1.165, 1.54) is 77.0 Å². The van der Waals surface area contributed by atoms with Gasteiger partial charge in [-0.15, -0.1) is 0 Å². The van der Waals surface area contributed by atoms with Crippen molar-refractivity contribution in [1.82, 2.24) is 0 Å². The van der Waals surface area contributed by atoms with Crippen LogP contribution in [0.25, 0.3) is 0 Å². The molecular formula is C27H46O2.